The number of anilines is 2. The van der Waals surface area contributed by atoms with Gasteiger partial charge in [0.1, 0.15) is 5.82 Å². The highest BCUT2D eigenvalue weighted by Gasteiger charge is 2.58. The van der Waals surface area contributed by atoms with E-state index in [1.807, 2.05) is 12.1 Å². The topological polar surface area (TPSA) is 39.7 Å². The number of aromatic nitrogens is 1. The molecule has 0 bridgehead atoms. The summed E-state index contributed by atoms with van der Waals surface area (Å²) in [5.74, 6) is 5.45. The summed E-state index contributed by atoms with van der Waals surface area (Å²) in [7, 11) is 0. The van der Waals surface area contributed by atoms with Crippen LogP contribution >= 0.6 is 0 Å². The summed E-state index contributed by atoms with van der Waals surface area (Å²) in [6, 6.07) is 9.18. The van der Waals surface area contributed by atoms with E-state index in [1.54, 1.807) is 6.20 Å². The van der Waals surface area contributed by atoms with Crippen LogP contribution in [-0.4, -0.2) is 55.1 Å². The van der Waals surface area contributed by atoms with Crippen LogP contribution in [0.1, 0.15) is 42.6 Å². The Balaban J connectivity index is 1.06. The molecule has 6 rings (SSSR count). The van der Waals surface area contributed by atoms with E-state index in [2.05, 4.69) is 33.5 Å². The molecule has 6 unspecified atom stereocenters. The average Bonchev–Trinajstić information content (AvgIpc) is 3.58. The standard InChI is InChI=1S/C29H35F3N4O/c1-3-22-24-14-23(24)18(2)25-16-36(17-26(22)25)28(37)19-4-9-27(33-15-19)35-12-10-34(11-13-35)21-7-5-20(6-8-21)29(30,31)32/h4-9,15,18,22-26H,3,10-14,16-17H2,1-2H3. The molecule has 2 saturated carbocycles. The van der Waals surface area contributed by atoms with Crippen LogP contribution in [0.25, 0.3) is 0 Å². The molecule has 37 heavy (non-hydrogen) atoms. The number of likely N-dealkylation sites (tertiary alicyclic amines) is 1. The van der Waals surface area contributed by atoms with E-state index in [9.17, 15) is 18.0 Å². The monoisotopic (exact) mass is 512 g/mol. The molecule has 4 fully saturated rings. The van der Waals surface area contributed by atoms with Crippen molar-refractivity contribution in [3.05, 3.63) is 53.7 Å². The van der Waals surface area contributed by atoms with Gasteiger partial charge in [0.05, 0.1) is 11.1 Å². The van der Waals surface area contributed by atoms with Gasteiger partial charge in [-0.3, -0.25) is 4.79 Å². The lowest BCUT2D eigenvalue weighted by Gasteiger charge is -2.36. The van der Waals surface area contributed by atoms with Crippen LogP contribution < -0.4 is 9.80 Å². The number of hydrogen-bond donors (Lipinski definition) is 0. The minimum Gasteiger partial charge on any atom is -0.368 e. The summed E-state index contributed by atoms with van der Waals surface area (Å²) < 4.78 is 38.5. The first-order valence-corrected chi connectivity index (χ1v) is 13.7. The third kappa shape index (κ3) is 4.46. The van der Waals surface area contributed by atoms with Crippen LogP contribution in [0.3, 0.4) is 0 Å². The fraction of sp³-hybridized carbons (Fsp3) is 0.586. The van der Waals surface area contributed by atoms with E-state index in [1.165, 1.54) is 25.0 Å². The van der Waals surface area contributed by atoms with E-state index in [-0.39, 0.29) is 5.91 Å². The van der Waals surface area contributed by atoms with Gasteiger partial charge in [-0.25, -0.2) is 4.98 Å². The number of nitrogens with zero attached hydrogens (tertiary/aromatic N) is 4. The smallest absolute Gasteiger partial charge is 0.368 e. The Labute approximate surface area is 216 Å². The number of fused-ring (bicyclic) bond motifs is 2. The van der Waals surface area contributed by atoms with Crippen LogP contribution in [0.5, 0.6) is 0 Å². The Hall–Kier alpha value is -2.77. The maximum Gasteiger partial charge on any atom is 0.416 e. The molecule has 2 saturated heterocycles. The third-order valence-electron chi connectivity index (χ3n) is 9.67. The summed E-state index contributed by atoms with van der Waals surface area (Å²) in [5.41, 5.74) is 0.819. The molecule has 4 aliphatic rings. The third-order valence-corrected chi connectivity index (χ3v) is 9.67. The quantitative estimate of drug-likeness (QED) is 0.548. The summed E-state index contributed by atoms with van der Waals surface area (Å²) in [6.07, 6.45) is 0.00420. The van der Waals surface area contributed by atoms with Crippen molar-refractivity contribution in [2.45, 2.75) is 32.9 Å². The number of benzene rings is 1. The van der Waals surface area contributed by atoms with Gasteiger partial charge in [0, 0.05) is 51.2 Å². The van der Waals surface area contributed by atoms with Gasteiger partial charge in [0.25, 0.3) is 5.91 Å². The van der Waals surface area contributed by atoms with E-state index >= 15 is 0 Å². The Kier molecular flexibility index (Phi) is 6.11. The first-order valence-electron chi connectivity index (χ1n) is 13.7. The van der Waals surface area contributed by atoms with Gasteiger partial charge >= 0.3 is 6.18 Å². The molecular formula is C29H35F3N4O. The summed E-state index contributed by atoms with van der Waals surface area (Å²) in [5, 5.41) is 0. The van der Waals surface area contributed by atoms with Crippen LogP contribution in [0.2, 0.25) is 0 Å². The molecule has 3 heterocycles. The predicted octanol–water partition coefficient (Wildman–Crippen LogP) is 5.43. The lowest BCUT2D eigenvalue weighted by atomic mass is 9.68. The molecule has 8 heteroatoms. The zero-order chi connectivity index (χ0) is 25.9. The second-order valence-electron chi connectivity index (χ2n) is 11.5. The van der Waals surface area contributed by atoms with Crippen LogP contribution in [0.15, 0.2) is 42.6 Å². The summed E-state index contributed by atoms with van der Waals surface area (Å²) in [4.78, 5) is 24.3. The summed E-state index contributed by atoms with van der Waals surface area (Å²) >= 11 is 0. The maximum atomic E-state index is 13.4. The first-order chi connectivity index (χ1) is 17.7. The van der Waals surface area contributed by atoms with Crippen LogP contribution in [-0.2, 0) is 6.18 Å². The van der Waals surface area contributed by atoms with Gasteiger partial charge in [-0.15, -0.1) is 0 Å². The number of carbonyl (C=O) groups excluding carboxylic acids is 1. The second kappa shape index (κ2) is 9.21. The van der Waals surface area contributed by atoms with E-state index < -0.39 is 11.7 Å². The minimum atomic E-state index is -4.32. The number of rotatable bonds is 4. The van der Waals surface area contributed by atoms with Gasteiger partial charge in [0.15, 0.2) is 0 Å². The predicted molar refractivity (Wildman–Crippen MR) is 138 cm³/mol. The number of halogens is 3. The first kappa shape index (κ1) is 24.6. The molecule has 198 valence electrons. The molecule has 1 aromatic carbocycles. The molecule has 1 aromatic heterocycles. The van der Waals surface area contributed by atoms with Gasteiger partial charge in [-0.2, -0.15) is 13.2 Å². The second-order valence-corrected chi connectivity index (χ2v) is 11.5. The van der Waals surface area contributed by atoms with Crippen LogP contribution in [0.4, 0.5) is 24.7 Å². The highest BCUT2D eigenvalue weighted by Crippen LogP contribution is 2.62. The molecular weight excluding hydrogens is 477 g/mol. The van der Waals surface area contributed by atoms with Gasteiger partial charge in [-0.05, 0) is 78.3 Å². The molecule has 2 aliphatic heterocycles. The van der Waals surface area contributed by atoms with Crippen molar-refractivity contribution in [2.75, 3.05) is 49.1 Å². The molecule has 2 aliphatic carbocycles. The van der Waals surface area contributed by atoms with Crippen molar-refractivity contribution in [2.24, 2.45) is 35.5 Å². The minimum absolute atomic E-state index is 0.0938. The van der Waals surface area contributed by atoms with Gasteiger partial charge in [0.2, 0.25) is 0 Å². The van der Waals surface area contributed by atoms with E-state index in [0.29, 0.717) is 30.5 Å². The maximum absolute atomic E-state index is 13.4. The molecule has 0 spiro atoms. The van der Waals surface area contributed by atoms with E-state index in [0.717, 1.165) is 73.5 Å². The lowest BCUT2D eigenvalue weighted by molar-refractivity contribution is -0.137. The normalized spacial score (nSPS) is 31.2. The number of hydrogen-bond acceptors (Lipinski definition) is 4. The molecule has 2 aromatic rings. The fourth-order valence-electron chi connectivity index (χ4n) is 7.54. The number of pyridine rings is 1. The fourth-order valence-corrected chi connectivity index (χ4v) is 7.54. The zero-order valence-electron chi connectivity index (χ0n) is 21.5. The summed E-state index contributed by atoms with van der Waals surface area (Å²) in [6.45, 7) is 9.29. The lowest BCUT2D eigenvalue weighted by Crippen LogP contribution is -2.46. The Morgan fingerprint density at radius 1 is 0.919 bits per heavy atom. The molecule has 0 N–H and O–H groups in total. The number of piperazine rings is 1. The SMILES string of the molecule is CCC1C2CC2C(C)C2CN(C(=O)c3ccc(N4CCN(c5ccc(C(F)(F)F)cc5)CC4)nc3)CC21. The average molecular weight is 513 g/mol. The molecule has 5 nitrogen and oxygen atoms in total. The van der Waals surface area contributed by atoms with Crippen molar-refractivity contribution in [3.63, 3.8) is 0 Å². The van der Waals surface area contributed by atoms with Crippen molar-refractivity contribution >= 4 is 17.4 Å². The highest BCUT2D eigenvalue weighted by molar-refractivity contribution is 5.94. The van der Waals surface area contributed by atoms with Crippen molar-refractivity contribution < 1.29 is 18.0 Å². The number of carbonyl (C=O) groups is 1. The van der Waals surface area contributed by atoms with Crippen molar-refractivity contribution in [1.82, 2.24) is 9.88 Å². The molecule has 1 amide bonds. The largest absolute Gasteiger partial charge is 0.416 e. The van der Waals surface area contributed by atoms with Gasteiger partial charge in [-0.1, -0.05) is 20.3 Å². The van der Waals surface area contributed by atoms with Crippen LogP contribution in [0, 0.1) is 35.5 Å². The van der Waals surface area contributed by atoms with Gasteiger partial charge < -0.3 is 14.7 Å². The Morgan fingerprint density at radius 3 is 2.22 bits per heavy atom. The molecule has 0 radical (unpaired) electrons. The van der Waals surface area contributed by atoms with E-state index in [4.69, 9.17) is 0 Å². The number of amides is 1. The number of alkyl halides is 3. The highest BCUT2D eigenvalue weighted by atomic mass is 19.4. The Morgan fingerprint density at radius 2 is 1.59 bits per heavy atom. The Bertz CT molecular complexity index is 1130. The van der Waals surface area contributed by atoms with Crippen molar-refractivity contribution in [3.8, 4) is 0 Å². The molecule has 6 atom stereocenters. The zero-order valence-corrected chi connectivity index (χ0v) is 21.5. The van der Waals surface area contributed by atoms with Crippen molar-refractivity contribution in [1.29, 1.82) is 0 Å².